The number of fused-ring (bicyclic) bond motifs is 1. The number of aromatic nitrogens is 2. The molecule has 0 saturated heterocycles. The molecule has 0 aliphatic carbocycles. The summed E-state index contributed by atoms with van der Waals surface area (Å²) in [5, 5.41) is -0.0407. The molecule has 4 aromatic rings. The van der Waals surface area contributed by atoms with Crippen LogP contribution in [0.2, 0.25) is 0 Å². The topological polar surface area (TPSA) is 35.0 Å². The summed E-state index contributed by atoms with van der Waals surface area (Å²) in [4.78, 5) is 8.44. The molecule has 0 amide bonds. The molecule has 3 aromatic carbocycles. The number of benzene rings is 3. The highest BCUT2D eigenvalue weighted by Gasteiger charge is 2.14. The van der Waals surface area contributed by atoms with Crippen LogP contribution in [0.25, 0.3) is 10.8 Å². The molecule has 1 heterocycles. The van der Waals surface area contributed by atoms with E-state index in [1.807, 2.05) is 0 Å². The number of rotatable bonds is 7. The molecule has 0 bridgehead atoms. The summed E-state index contributed by atoms with van der Waals surface area (Å²) in [6.45, 7) is 2.65. The lowest BCUT2D eigenvalue weighted by molar-refractivity contribution is 0.306. The van der Waals surface area contributed by atoms with Crippen LogP contribution in [-0.2, 0) is 12.8 Å². The van der Waals surface area contributed by atoms with E-state index < -0.39 is 34.6 Å². The van der Waals surface area contributed by atoms with Crippen LogP contribution in [0, 0.1) is 40.9 Å². The molecule has 0 aliphatic rings. The van der Waals surface area contributed by atoms with Gasteiger partial charge in [0.25, 0.3) is 0 Å². The highest BCUT2D eigenvalue weighted by atomic mass is 19.2. The fourth-order valence-electron chi connectivity index (χ4n) is 3.54. The van der Waals surface area contributed by atoms with Gasteiger partial charge < -0.3 is 4.74 Å². The second-order valence-corrected chi connectivity index (χ2v) is 8.14. The largest absolute Gasteiger partial charge is 0.490 e. The average Bonchev–Trinajstić information content (AvgIpc) is 2.86. The Bertz CT molecular complexity index is 1440. The second kappa shape index (κ2) is 11.2. The second-order valence-electron chi connectivity index (χ2n) is 8.14. The molecule has 8 heteroatoms. The van der Waals surface area contributed by atoms with Crippen molar-refractivity contribution in [1.82, 2.24) is 9.97 Å². The van der Waals surface area contributed by atoms with Gasteiger partial charge >= 0.3 is 0 Å². The van der Waals surface area contributed by atoms with E-state index in [1.165, 1.54) is 30.3 Å². The molecule has 0 fully saturated rings. The van der Waals surface area contributed by atoms with Gasteiger partial charge in [-0.15, -0.1) is 0 Å². The van der Waals surface area contributed by atoms with Crippen molar-refractivity contribution in [2.75, 3.05) is 6.61 Å². The summed E-state index contributed by atoms with van der Waals surface area (Å²) in [6.07, 6.45) is 5.79. The van der Waals surface area contributed by atoms with Gasteiger partial charge in [0, 0.05) is 17.4 Å². The van der Waals surface area contributed by atoms with Gasteiger partial charge in [0.2, 0.25) is 0 Å². The molecule has 0 N–H and O–H groups in total. The quantitative estimate of drug-likeness (QED) is 0.124. The summed E-state index contributed by atoms with van der Waals surface area (Å²) in [6, 6.07) is 7.15. The van der Waals surface area contributed by atoms with Crippen molar-refractivity contribution in [2.24, 2.45) is 0 Å². The van der Waals surface area contributed by atoms with E-state index in [0.29, 0.717) is 36.6 Å². The van der Waals surface area contributed by atoms with Gasteiger partial charge in [-0.05, 0) is 54.1 Å². The van der Waals surface area contributed by atoms with Gasteiger partial charge in [0.15, 0.2) is 23.2 Å². The number of aryl methyl sites for hydroxylation is 2. The SMILES string of the molecule is CCCCOc1cnc(CCc2cc(F)c(C#Cc3ccc4c(F)c(F)c(F)cc4c3)c(F)c2)nc1. The first kappa shape index (κ1) is 25.1. The van der Waals surface area contributed by atoms with Gasteiger partial charge in [-0.2, -0.15) is 0 Å². The lowest BCUT2D eigenvalue weighted by Crippen LogP contribution is -2.02. The molecule has 184 valence electrons. The fourth-order valence-corrected chi connectivity index (χ4v) is 3.54. The van der Waals surface area contributed by atoms with E-state index in [4.69, 9.17) is 4.74 Å². The number of halogens is 5. The van der Waals surface area contributed by atoms with Gasteiger partial charge in [-0.1, -0.05) is 31.3 Å². The normalized spacial score (nSPS) is 10.8. The number of hydrogen-bond donors (Lipinski definition) is 0. The minimum absolute atomic E-state index is 0.0808. The number of nitrogens with zero attached hydrogens (tertiary/aromatic N) is 2. The highest BCUT2D eigenvalue weighted by molar-refractivity contribution is 5.84. The molecule has 0 spiro atoms. The third-order valence-electron chi connectivity index (χ3n) is 5.49. The summed E-state index contributed by atoms with van der Waals surface area (Å²) >= 11 is 0. The molecule has 0 unspecified atom stereocenters. The highest BCUT2D eigenvalue weighted by Crippen LogP contribution is 2.24. The molecule has 0 saturated carbocycles. The molecule has 36 heavy (non-hydrogen) atoms. The predicted molar refractivity (Wildman–Crippen MR) is 126 cm³/mol. The molecule has 0 atom stereocenters. The smallest absolute Gasteiger partial charge is 0.195 e. The first-order valence-corrected chi connectivity index (χ1v) is 11.4. The summed E-state index contributed by atoms with van der Waals surface area (Å²) < 4.78 is 75.5. The third kappa shape index (κ3) is 5.80. The molecule has 3 nitrogen and oxygen atoms in total. The van der Waals surface area contributed by atoms with Crippen LogP contribution in [0.3, 0.4) is 0 Å². The Hall–Kier alpha value is -3.99. The van der Waals surface area contributed by atoms with Crippen LogP contribution in [-0.4, -0.2) is 16.6 Å². The maximum atomic E-state index is 14.6. The minimum atomic E-state index is -1.56. The van der Waals surface area contributed by atoms with Crippen LogP contribution in [0.5, 0.6) is 5.75 Å². The van der Waals surface area contributed by atoms with Gasteiger partial charge in [0.1, 0.15) is 17.5 Å². The van der Waals surface area contributed by atoms with Crippen molar-refractivity contribution >= 4 is 10.8 Å². The zero-order valence-electron chi connectivity index (χ0n) is 19.3. The minimum Gasteiger partial charge on any atom is -0.490 e. The van der Waals surface area contributed by atoms with Crippen LogP contribution in [0.4, 0.5) is 22.0 Å². The summed E-state index contributed by atoms with van der Waals surface area (Å²) in [5.74, 6) is 0.235. The Balaban J connectivity index is 1.46. The first-order chi connectivity index (χ1) is 17.4. The van der Waals surface area contributed by atoms with E-state index in [9.17, 15) is 22.0 Å². The van der Waals surface area contributed by atoms with Crippen LogP contribution >= 0.6 is 0 Å². The molecule has 0 radical (unpaired) electrons. The Labute approximate surface area is 205 Å². The molecular weight excluding hydrogens is 475 g/mol. The molecular formula is C28H21F5N2O. The lowest BCUT2D eigenvalue weighted by Gasteiger charge is -2.06. The Morgan fingerprint density at radius 1 is 0.806 bits per heavy atom. The van der Waals surface area contributed by atoms with Crippen molar-refractivity contribution in [3.8, 4) is 17.6 Å². The zero-order chi connectivity index (χ0) is 25.7. The standard InChI is InChI=1S/C28H21F5N2O/c1-2-3-10-36-20-15-34-26(35-16-20)9-6-18-12-23(29)22(24(30)13-18)8-5-17-4-7-21-19(11-17)14-25(31)28(33)27(21)32/h4,7,11-16H,2-3,6,9-10H2,1H3. The molecule has 1 aromatic heterocycles. The Morgan fingerprint density at radius 3 is 2.22 bits per heavy atom. The maximum Gasteiger partial charge on any atom is 0.195 e. The van der Waals surface area contributed by atoms with Crippen LogP contribution in [0.15, 0.2) is 48.8 Å². The van der Waals surface area contributed by atoms with Crippen molar-refractivity contribution in [3.05, 3.63) is 100 Å². The van der Waals surface area contributed by atoms with Crippen molar-refractivity contribution in [1.29, 1.82) is 0 Å². The van der Waals surface area contributed by atoms with E-state index in [-0.39, 0.29) is 16.3 Å². The monoisotopic (exact) mass is 496 g/mol. The summed E-state index contributed by atoms with van der Waals surface area (Å²) in [7, 11) is 0. The number of unbranched alkanes of at least 4 members (excludes halogenated alkanes) is 1. The number of hydrogen-bond acceptors (Lipinski definition) is 3. The zero-order valence-corrected chi connectivity index (χ0v) is 19.3. The van der Waals surface area contributed by atoms with E-state index in [2.05, 4.69) is 28.7 Å². The first-order valence-electron chi connectivity index (χ1n) is 11.4. The maximum absolute atomic E-state index is 14.6. The van der Waals surface area contributed by atoms with Crippen molar-refractivity contribution < 1.29 is 26.7 Å². The third-order valence-corrected chi connectivity index (χ3v) is 5.49. The van der Waals surface area contributed by atoms with E-state index in [0.717, 1.165) is 18.9 Å². The van der Waals surface area contributed by atoms with Crippen LogP contribution < -0.4 is 4.74 Å². The van der Waals surface area contributed by atoms with Crippen LogP contribution in [0.1, 0.15) is 42.3 Å². The van der Waals surface area contributed by atoms with E-state index >= 15 is 0 Å². The predicted octanol–water partition coefficient (Wildman–Crippen LogP) is 6.69. The summed E-state index contributed by atoms with van der Waals surface area (Å²) in [5.41, 5.74) is 0.247. The number of ether oxygens (including phenoxy) is 1. The van der Waals surface area contributed by atoms with Gasteiger partial charge in [-0.3, -0.25) is 0 Å². The van der Waals surface area contributed by atoms with Gasteiger partial charge in [-0.25, -0.2) is 31.9 Å². The Kier molecular flexibility index (Phi) is 7.79. The lowest BCUT2D eigenvalue weighted by atomic mass is 10.0. The molecule has 4 rings (SSSR count). The Morgan fingerprint density at radius 2 is 1.53 bits per heavy atom. The molecule has 0 aliphatic heterocycles. The van der Waals surface area contributed by atoms with E-state index in [1.54, 1.807) is 12.4 Å². The fraction of sp³-hybridized carbons (Fsp3) is 0.214. The van der Waals surface area contributed by atoms with Gasteiger partial charge in [0.05, 0.1) is 24.6 Å². The average molecular weight is 496 g/mol. The van der Waals surface area contributed by atoms with Crippen molar-refractivity contribution in [2.45, 2.75) is 32.6 Å². The van der Waals surface area contributed by atoms with Crippen molar-refractivity contribution in [3.63, 3.8) is 0 Å².